The summed E-state index contributed by atoms with van der Waals surface area (Å²) in [6.45, 7) is 6.27. The molecule has 1 aliphatic rings. The van der Waals surface area contributed by atoms with Crippen LogP contribution in [0.5, 0.6) is 0 Å². The van der Waals surface area contributed by atoms with E-state index >= 15 is 0 Å². The summed E-state index contributed by atoms with van der Waals surface area (Å²) >= 11 is 1.69. The number of hydrogen-bond donors (Lipinski definition) is 1. The van der Waals surface area contributed by atoms with Gasteiger partial charge in [-0.15, -0.1) is 11.3 Å². The van der Waals surface area contributed by atoms with Crippen molar-refractivity contribution < 1.29 is 0 Å². The third-order valence-corrected chi connectivity index (χ3v) is 5.11. The quantitative estimate of drug-likeness (QED) is 0.846. The lowest BCUT2D eigenvalue weighted by atomic mass is 10.2. The van der Waals surface area contributed by atoms with Crippen molar-refractivity contribution in [2.45, 2.75) is 45.7 Å². The molecule has 3 rings (SSSR count). The minimum atomic E-state index is 0.625. The molecule has 0 spiro atoms. The molecule has 1 unspecified atom stereocenters. The monoisotopic (exact) mass is 304 g/mol. The summed E-state index contributed by atoms with van der Waals surface area (Å²) in [5.74, 6) is 2.79. The molecule has 0 radical (unpaired) electrons. The van der Waals surface area contributed by atoms with Crippen LogP contribution in [0.3, 0.4) is 0 Å². The number of nitrogens with zero attached hydrogens (tertiary/aromatic N) is 3. The molecule has 1 atom stereocenters. The minimum absolute atomic E-state index is 0.625. The second-order valence-electron chi connectivity index (χ2n) is 6.05. The summed E-state index contributed by atoms with van der Waals surface area (Å²) < 4.78 is 0. The number of fused-ring (bicyclic) bond motifs is 1. The molecular weight excluding hydrogens is 280 g/mol. The number of anilines is 1. The largest absolute Gasteiger partial charge is 0.369 e. The lowest BCUT2D eigenvalue weighted by molar-refractivity contribution is 0.221. The number of nitrogens with one attached hydrogen (secondary N) is 1. The Morgan fingerprint density at radius 2 is 2.24 bits per heavy atom. The summed E-state index contributed by atoms with van der Waals surface area (Å²) in [4.78, 5) is 13.0. The molecular formula is C16H24N4S. The van der Waals surface area contributed by atoms with Gasteiger partial charge < -0.3 is 5.32 Å². The molecule has 4 nitrogen and oxygen atoms in total. The van der Waals surface area contributed by atoms with Crippen LogP contribution in [0.4, 0.5) is 5.82 Å². The van der Waals surface area contributed by atoms with Gasteiger partial charge in [0.15, 0.2) is 0 Å². The van der Waals surface area contributed by atoms with E-state index in [9.17, 15) is 0 Å². The van der Waals surface area contributed by atoms with E-state index in [0.717, 1.165) is 47.3 Å². The Morgan fingerprint density at radius 3 is 2.95 bits per heavy atom. The predicted molar refractivity (Wildman–Crippen MR) is 89.8 cm³/mol. The maximum Gasteiger partial charge on any atom is 0.146 e. The minimum Gasteiger partial charge on any atom is -0.369 e. The van der Waals surface area contributed by atoms with Crippen molar-refractivity contribution >= 4 is 27.4 Å². The molecule has 1 aliphatic carbocycles. The third-order valence-electron chi connectivity index (χ3n) is 4.30. The molecule has 1 saturated carbocycles. The average molecular weight is 304 g/mol. The molecule has 0 amide bonds. The van der Waals surface area contributed by atoms with Crippen LogP contribution in [0.2, 0.25) is 0 Å². The Morgan fingerprint density at radius 1 is 1.43 bits per heavy atom. The molecule has 1 fully saturated rings. The Kier molecular flexibility index (Phi) is 4.40. The zero-order valence-corrected chi connectivity index (χ0v) is 13.9. The van der Waals surface area contributed by atoms with Crippen molar-refractivity contribution in [1.29, 1.82) is 0 Å². The Balaban J connectivity index is 1.80. The molecule has 114 valence electrons. The fraction of sp³-hybridized carbons (Fsp3) is 0.625. The molecule has 2 heterocycles. The smallest absolute Gasteiger partial charge is 0.146 e. The number of thiophene rings is 1. The third kappa shape index (κ3) is 3.35. The summed E-state index contributed by atoms with van der Waals surface area (Å²) in [5, 5.41) is 6.68. The van der Waals surface area contributed by atoms with Crippen LogP contribution < -0.4 is 5.32 Å². The summed E-state index contributed by atoms with van der Waals surface area (Å²) in [5.41, 5.74) is 0. The van der Waals surface area contributed by atoms with Gasteiger partial charge >= 0.3 is 0 Å². The van der Waals surface area contributed by atoms with E-state index in [1.165, 1.54) is 12.8 Å². The average Bonchev–Trinajstić information content (AvgIpc) is 3.22. The van der Waals surface area contributed by atoms with Gasteiger partial charge in [0.2, 0.25) is 0 Å². The first kappa shape index (κ1) is 14.7. The fourth-order valence-electron chi connectivity index (χ4n) is 2.65. The van der Waals surface area contributed by atoms with E-state index in [2.05, 4.69) is 42.6 Å². The van der Waals surface area contributed by atoms with Crippen molar-refractivity contribution in [2.24, 2.45) is 5.92 Å². The molecule has 5 heteroatoms. The van der Waals surface area contributed by atoms with Crippen LogP contribution in [0.15, 0.2) is 11.4 Å². The van der Waals surface area contributed by atoms with E-state index < -0.39 is 0 Å². The predicted octanol–water partition coefficient (Wildman–Crippen LogP) is 3.74. The van der Waals surface area contributed by atoms with E-state index in [4.69, 9.17) is 9.97 Å². The highest BCUT2D eigenvalue weighted by Gasteiger charge is 2.30. The highest BCUT2D eigenvalue weighted by Crippen LogP contribution is 2.35. The maximum atomic E-state index is 4.76. The summed E-state index contributed by atoms with van der Waals surface area (Å²) in [6, 6.07) is 2.73. The van der Waals surface area contributed by atoms with Gasteiger partial charge in [-0.2, -0.15) is 0 Å². The normalized spacial score (nSPS) is 16.6. The maximum absolute atomic E-state index is 4.76. The SMILES string of the molecule is CCCNc1nc(CN(C)C(C)C2CC2)nc2sccc12. The molecule has 0 saturated heterocycles. The van der Waals surface area contributed by atoms with Gasteiger partial charge in [0, 0.05) is 12.6 Å². The van der Waals surface area contributed by atoms with Crippen molar-refractivity contribution in [3.63, 3.8) is 0 Å². The fourth-order valence-corrected chi connectivity index (χ4v) is 3.44. The molecule has 2 aromatic rings. The van der Waals surface area contributed by atoms with Crippen molar-refractivity contribution in [2.75, 3.05) is 18.9 Å². The number of hydrogen-bond acceptors (Lipinski definition) is 5. The topological polar surface area (TPSA) is 41.1 Å². The summed E-state index contributed by atoms with van der Waals surface area (Å²) in [7, 11) is 2.18. The summed E-state index contributed by atoms with van der Waals surface area (Å²) in [6.07, 6.45) is 3.85. The van der Waals surface area contributed by atoms with Crippen LogP contribution in [-0.4, -0.2) is 34.5 Å². The van der Waals surface area contributed by atoms with E-state index in [-0.39, 0.29) is 0 Å². The lowest BCUT2D eigenvalue weighted by Crippen LogP contribution is -2.31. The van der Waals surface area contributed by atoms with Gasteiger partial charge in [0.05, 0.1) is 11.9 Å². The standard InChI is InChI=1S/C16H24N4S/c1-4-8-17-15-13-7-9-21-16(13)19-14(18-15)10-20(3)11(2)12-5-6-12/h7,9,11-12H,4-6,8,10H2,1-3H3,(H,17,18,19). The van der Waals surface area contributed by atoms with Crippen LogP contribution >= 0.6 is 11.3 Å². The second kappa shape index (κ2) is 6.28. The van der Waals surface area contributed by atoms with Gasteiger partial charge in [-0.05, 0) is 50.6 Å². The van der Waals surface area contributed by atoms with Gasteiger partial charge in [-0.3, -0.25) is 4.90 Å². The highest BCUT2D eigenvalue weighted by atomic mass is 32.1. The van der Waals surface area contributed by atoms with Crippen LogP contribution in [0.1, 0.15) is 38.9 Å². The van der Waals surface area contributed by atoms with Crippen LogP contribution in [0, 0.1) is 5.92 Å². The van der Waals surface area contributed by atoms with E-state index in [1.807, 2.05) is 0 Å². The van der Waals surface area contributed by atoms with E-state index in [1.54, 1.807) is 11.3 Å². The lowest BCUT2D eigenvalue weighted by Gasteiger charge is -2.23. The Labute approximate surface area is 130 Å². The van der Waals surface area contributed by atoms with Crippen molar-refractivity contribution in [3.8, 4) is 0 Å². The van der Waals surface area contributed by atoms with Crippen molar-refractivity contribution in [3.05, 3.63) is 17.3 Å². The Hall–Kier alpha value is -1.20. The van der Waals surface area contributed by atoms with Crippen molar-refractivity contribution in [1.82, 2.24) is 14.9 Å². The second-order valence-corrected chi connectivity index (χ2v) is 6.94. The molecule has 2 aromatic heterocycles. The van der Waals surface area contributed by atoms with E-state index in [0.29, 0.717) is 6.04 Å². The molecule has 0 aliphatic heterocycles. The zero-order valence-electron chi connectivity index (χ0n) is 13.1. The van der Waals surface area contributed by atoms with Gasteiger partial charge in [0.25, 0.3) is 0 Å². The number of aromatic nitrogens is 2. The first-order valence-corrected chi connectivity index (χ1v) is 8.75. The van der Waals surface area contributed by atoms with Crippen LogP contribution in [0.25, 0.3) is 10.2 Å². The first-order valence-electron chi connectivity index (χ1n) is 7.87. The Bertz CT molecular complexity index is 605. The van der Waals surface area contributed by atoms with Gasteiger partial charge in [-0.25, -0.2) is 9.97 Å². The zero-order chi connectivity index (χ0) is 14.8. The number of rotatable bonds is 7. The molecule has 21 heavy (non-hydrogen) atoms. The molecule has 0 aromatic carbocycles. The van der Waals surface area contributed by atoms with Crippen LogP contribution in [-0.2, 0) is 6.54 Å². The van der Waals surface area contributed by atoms with Gasteiger partial charge in [0.1, 0.15) is 16.5 Å². The molecule has 1 N–H and O–H groups in total. The van der Waals surface area contributed by atoms with Gasteiger partial charge in [-0.1, -0.05) is 6.92 Å². The highest BCUT2D eigenvalue weighted by molar-refractivity contribution is 7.16. The first-order chi connectivity index (χ1) is 10.2. The molecule has 0 bridgehead atoms.